The van der Waals surface area contributed by atoms with Gasteiger partial charge in [0, 0.05) is 34.6 Å². The van der Waals surface area contributed by atoms with Crippen molar-refractivity contribution in [2.75, 3.05) is 0 Å². The van der Waals surface area contributed by atoms with Crippen LogP contribution in [0.1, 0.15) is 19.4 Å². The van der Waals surface area contributed by atoms with E-state index in [1.165, 1.54) is 26.0 Å². The van der Waals surface area contributed by atoms with E-state index in [1.54, 1.807) is 28.9 Å². The molecule has 6 heteroatoms. The number of aliphatic hydroxyl groups is 1. The standard InChI is InChI=1S/C24H19F2N3O/c1-24(2,30)18-8-10-29-21(13-28-23(29)22(18)26)16-3-5-19(25)17(12-16)14-4-6-20-15(11-14)7-9-27-20/h3-13,27,30H,1-2H3. The highest BCUT2D eigenvalue weighted by molar-refractivity contribution is 5.86. The van der Waals surface area contributed by atoms with Gasteiger partial charge in [-0.3, -0.25) is 4.40 Å². The Kier molecular flexibility index (Phi) is 4.01. The summed E-state index contributed by atoms with van der Waals surface area (Å²) in [5.74, 6) is -0.908. The van der Waals surface area contributed by atoms with Crippen molar-refractivity contribution in [2.45, 2.75) is 19.4 Å². The first kappa shape index (κ1) is 18.5. The molecule has 0 saturated heterocycles. The van der Waals surface area contributed by atoms with Crippen LogP contribution in [0.5, 0.6) is 0 Å². The predicted octanol–water partition coefficient (Wildman–Crippen LogP) is 5.66. The molecule has 2 aromatic carbocycles. The van der Waals surface area contributed by atoms with Crippen molar-refractivity contribution in [1.29, 1.82) is 0 Å². The van der Waals surface area contributed by atoms with E-state index in [2.05, 4.69) is 9.97 Å². The molecule has 0 aliphatic heterocycles. The lowest BCUT2D eigenvalue weighted by atomic mass is 9.99. The summed E-state index contributed by atoms with van der Waals surface area (Å²) in [5.41, 5.74) is 2.51. The normalized spacial score (nSPS) is 12.2. The number of pyridine rings is 1. The van der Waals surface area contributed by atoms with Crippen molar-refractivity contribution in [3.05, 3.63) is 84.3 Å². The summed E-state index contributed by atoms with van der Waals surface area (Å²) in [7, 11) is 0. The summed E-state index contributed by atoms with van der Waals surface area (Å²) < 4.78 is 31.2. The number of hydrogen-bond donors (Lipinski definition) is 2. The molecule has 0 spiro atoms. The van der Waals surface area contributed by atoms with Gasteiger partial charge in [-0.25, -0.2) is 13.8 Å². The largest absolute Gasteiger partial charge is 0.386 e. The maximum Gasteiger partial charge on any atom is 0.174 e. The zero-order valence-corrected chi connectivity index (χ0v) is 16.4. The van der Waals surface area contributed by atoms with Crippen LogP contribution in [0.4, 0.5) is 8.78 Å². The van der Waals surface area contributed by atoms with Crippen LogP contribution in [-0.2, 0) is 5.60 Å². The van der Waals surface area contributed by atoms with E-state index in [0.29, 0.717) is 16.8 Å². The SMILES string of the molecule is CC(C)(O)c1ccn2c(-c3ccc(F)c(-c4ccc5[nH]ccc5c4)c3)cnc2c1F. The number of aromatic amines is 1. The van der Waals surface area contributed by atoms with Gasteiger partial charge in [-0.2, -0.15) is 0 Å². The van der Waals surface area contributed by atoms with Crippen LogP contribution in [0.3, 0.4) is 0 Å². The minimum Gasteiger partial charge on any atom is -0.386 e. The molecule has 0 unspecified atom stereocenters. The molecular weight excluding hydrogens is 384 g/mol. The Morgan fingerprint density at radius 1 is 1.00 bits per heavy atom. The van der Waals surface area contributed by atoms with E-state index in [9.17, 15) is 13.9 Å². The molecule has 3 heterocycles. The second-order valence-corrected chi connectivity index (χ2v) is 7.91. The van der Waals surface area contributed by atoms with Gasteiger partial charge in [0.05, 0.1) is 17.5 Å². The summed E-state index contributed by atoms with van der Waals surface area (Å²) in [4.78, 5) is 7.33. The summed E-state index contributed by atoms with van der Waals surface area (Å²) in [6.45, 7) is 3.05. The lowest BCUT2D eigenvalue weighted by molar-refractivity contribution is 0.0746. The van der Waals surface area contributed by atoms with Crippen molar-refractivity contribution in [3.63, 3.8) is 0 Å². The van der Waals surface area contributed by atoms with E-state index < -0.39 is 11.4 Å². The number of hydrogen-bond acceptors (Lipinski definition) is 2. The zero-order chi connectivity index (χ0) is 21.0. The van der Waals surface area contributed by atoms with Gasteiger partial charge in [0.25, 0.3) is 0 Å². The minimum atomic E-state index is -1.32. The Hall–Kier alpha value is -3.51. The second-order valence-electron chi connectivity index (χ2n) is 7.91. The summed E-state index contributed by atoms with van der Waals surface area (Å²) in [6.07, 6.45) is 5.07. The lowest BCUT2D eigenvalue weighted by Crippen LogP contribution is -2.18. The van der Waals surface area contributed by atoms with Crippen molar-refractivity contribution in [2.24, 2.45) is 0 Å². The van der Waals surface area contributed by atoms with E-state index in [4.69, 9.17) is 0 Å². The van der Waals surface area contributed by atoms with Crippen molar-refractivity contribution in [1.82, 2.24) is 14.4 Å². The second kappa shape index (κ2) is 6.50. The highest BCUT2D eigenvalue weighted by atomic mass is 19.1. The monoisotopic (exact) mass is 403 g/mol. The number of rotatable bonds is 3. The van der Waals surface area contributed by atoms with Crippen LogP contribution >= 0.6 is 0 Å². The quantitative estimate of drug-likeness (QED) is 0.409. The van der Waals surface area contributed by atoms with E-state index in [0.717, 1.165) is 16.5 Å². The maximum absolute atomic E-state index is 14.9. The number of nitrogens with zero attached hydrogens (tertiary/aromatic N) is 2. The first-order chi connectivity index (χ1) is 14.3. The molecule has 0 amide bonds. The molecule has 0 fully saturated rings. The van der Waals surface area contributed by atoms with Gasteiger partial charge in [0.1, 0.15) is 5.82 Å². The number of nitrogens with one attached hydrogen (secondary N) is 1. The molecule has 0 saturated carbocycles. The molecule has 3 aromatic heterocycles. The first-order valence-corrected chi connectivity index (χ1v) is 9.59. The highest BCUT2D eigenvalue weighted by Crippen LogP contribution is 2.32. The van der Waals surface area contributed by atoms with Crippen LogP contribution in [0.25, 0.3) is 38.9 Å². The van der Waals surface area contributed by atoms with Crippen molar-refractivity contribution >= 4 is 16.6 Å². The van der Waals surface area contributed by atoms with Crippen molar-refractivity contribution in [3.8, 4) is 22.4 Å². The van der Waals surface area contributed by atoms with Crippen LogP contribution in [0.2, 0.25) is 0 Å². The number of aromatic nitrogens is 3. The Bertz CT molecular complexity index is 1410. The fourth-order valence-electron chi connectivity index (χ4n) is 3.83. The van der Waals surface area contributed by atoms with Gasteiger partial charge < -0.3 is 10.1 Å². The highest BCUT2D eigenvalue weighted by Gasteiger charge is 2.24. The topological polar surface area (TPSA) is 53.3 Å². The Morgan fingerprint density at radius 2 is 1.80 bits per heavy atom. The fraction of sp³-hybridized carbons (Fsp3) is 0.125. The Morgan fingerprint density at radius 3 is 2.60 bits per heavy atom. The van der Waals surface area contributed by atoms with Gasteiger partial charge in [-0.15, -0.1) is 0 Å². The fourth-order valence-corrected chi connectivity index (χ4v) is 3.83. The summed E-state index contributed by atoms with van der Waals surface area (Å²) in [6, 6.07) is 14.0. The number of halogens is 2. The lowest BCUT2D eigenvalue weighted by Gasteiger charge is -2.18. The molecule has 30 heavy (non-hydrogen) atoms. The number of fused-ring (bicyclic) bond motifs is 2. The van der Waals surface area contributed by atoms with Crippen molar-refractivity contribution < 1.29 is 13.9 Å². The van der Waals surface area contributed by atoms with E-state index in [-0.39, 0.29) is 17.0 Å². The Balaban J connectivity index is 1.65. The van der Waals surface area contributed by atoms with Gasteiger partial charge >= 0.3 is 0 Å². The number of H-pyrrole nitrogens is 1. The molecular formula is C24H19F2N3O. The van der Waals surface area contributed by atoms with E-state index >= 15 is 0 Å². The first-order valence-electron chi connectivity index (χ1n) is 9.59. The molecule has 2 N–H and O–H groups in total. The molecule has 5 aromatic rings. The van der Waals surface area contributed by atoms with Crippen LogP contribution in [0, 0.1) is 11.6 Å². The van der Waals surface area contributed by atoms with Crippen LogP contribution in [-0.4, -0.2) is 19.5 Å². The summed E-state index contributed by atoms with van der Waals surface area (Å²) >= 11 is 0. The predicted molar refractivity (Wildman–Crippen MR) is 113 cm³/mol. The number of imidazole rings is 1. The molecule has 0 radical (unpaired) electrons. The van der Waals surface area contributed by atoms with Gasteiger partial charge in [0.2, 0.25) is 0 Å². The maximum atomic E-state index is 14.9. The Labute approximate surface area is 171 Å². The third kappa shape index (κ3) is 2.88. The average Bonchev–Trinajstić information content (AvgIpc) is 3.34. The molecule has 0 aliphatic carbocycles. The zero-order valence-electron chi connectivity index (χ0n) is 16.4. The molecule has 0 aliphatic rings. The summed E-state index contributed by atoms with van der Waals surface area (Å²) in [5, 5.41) is 11.2. The molecule has 0 bridgehead atoms. The van der Waals surface area contributed by atoms with Crippen LogP contribution in [0.15, 0.2) is 67.1 Å². The molecule has 4 nitrogen and oxygen atoms in total. The van der Waals surface area contributed by atoms with Gasteiger partial charge in [-0.1, -0.05) is 6.07 Å². The molecule has 5 rings (SSSR count). The van der Waals surface area contributed by atoms with E-state index in [1.807, 2.05) is 30.5 Å². The third-order valence-corrected chi connectivity index (χ3v) is 5.41. The average molecular weight is 403 g/mol. The molecule has 0 atom stereocenters. The van der Waals surface area contributed by atoms with Gasteiger partial charge in [0.15, 0.2) is 11.5 Å². The number of benzene rings is 2. The third-order valence-electron chi connectivity index (χ3n) is 5.41. The molecule has 150 valence electrons. The minimum absolute atomic E-state index is 0.115. The van der Waals surface area contributed by atoms with Gasteiger partial charge in [-0.05, 0) is 67.3 Å². The smallest absolute Gasteiger partial charge is 0.174 e. The van der Waals surface area contributed by atoms with Crippen LogP contribution < -0.4 is 0 Å².